The number of pyridine rings is 1. The number of aromatic nitrogens is 1. The molecule has 1 heterocycles. The number of rotatable bonds is 5. The van der Waals surface area contributed by atoms with Crippen LogP contribution in [0.5, 0.6) is 0 Å². The molecule has 0 atom stereocenters. The summed E-state index contributed by atoms with van der Waals surface area (Å²) in [6.07, 6.45) is 1.57. The molecule has 1 aromatic heterocycles. The largest absolute Gasteiger partial charge is 0.478 e. The van der Waals surface area contributed by atoms with Crippen LogP contribution in [0.3, 0.4) is 0 Å². The van der Waals surface area contributed by atoms with Crippen LogP contribution in [-0.4, -0.2) is 16.1 Å². The first-order chi connectivity index (χ1) is 12.4. The molecule has 0 saturated carbocycles. The topological polar surface area (TPSA) is 62.2 Å². The molecule has 0 aliphatic rings. The van der Waals surface area contributed by atoms with Crippen molar-refractivity contribution in [1.29, 1.82) is 0 Å². The molecule has 3 aromatic rings. The summed E-state index contributed by atoms with van der Waals surface area (Å²) in [6, 6.07) is 12.2. The van der Waals surface area contributed by atoms with Crippen LogP contribution in [-0.2, 0) is 0 Å². The maximum Gasteiger partial charge on any atom is 0.335 e. The third-order valence-corrected chi connectivity index (χ3v) is 4.53. The summed E-state index contributed by atoms with van der Waals surface area (Å²) in [6.45, 7) is 1.74. The molecule has 0 amide bonds. The maximum absolute atomic E-state index is 13.3. The highest BCUT2D eigenvalue weighted by atomic mass is 32.2. The lowest BCUT2D eigenvalue weighted by Gasteiger charge is -2.08. The first-order valence-electron chi connectivity index (χ1n) is 7.62. The van der Waals surface area contributed by atoms with Gasteiger partial charge in [0.25, 0.3) is 0 Å². The van der Waals surface area contributed by atoms with Crippen molar-refractivity contribution < 1.29 is 18.7 Å². The average molecular weight is 372 g/mol. The molecule has 0 bridgehead atoms. The number of nitrogens with zero attached hydrogens (tertiary/aromatic N) is 1. The van der Waals surface area contributed by atoms with Crippen molar-refractivity contribution in [1.82, 2.24) is 4.98 Å². The van der Waals surface area contributed by atoms with Crippen molar-refractivity contribution in [3.63, 3.8) is 0 Å². The van der Waals surface area contributed by atoms with Gasteiger partial charge in [-0.15, -0.1) is 0 Å². The van der Waals surface area contributed by atoms with Gasteiger partial charge in [0.05, 0.1) is 23.1 Å². The van der Waals surface area contributed by atoms with Crippen molar-refractivity contribution >= 4 is 23.6 Å². The minimum absolute atomic E-state index is 0.253. The highest BCUT2D eigenvalue weighted by Gasteiger charge is 2.09. The van der Waals surface area contributed by atoms with Gasteiger partial charge in [-0.05, 0) is 66.9 Å². The minimum Gasteiger partial charge on any atom is -0.478 e. The monoisotopic (exact) mass is 372 g/mol. The number of hydrogen-bond donors (Lipinski definition) is 2. The third-order valence-electron chi connectivity index (χ3n) is 3.71. The van der Waals surface area contributed by atoms with Gasteiger partial charge in [0.15, 0.2) is 11.6 Å². The van der Waals surface area contributed by atoms with Gasteiger partial charge in [-0.25, -0.2) is 13.6 Å². The molecule has 2 N–H and O–H groups in total. The Balaban J connectivity index is 1.71. The molecule has 0 aliphatic carbocycles. The van der Waals surface area contributed by atoms with Gasteiger partial charge in [0.2, 0.25) is 0 Å². The highest BCUT2D eigenvalue weighted by molar-refractivity contribution is 8.00. The Kier molecular flexibility index (Phi) is 5.18. The standard InChI is InChI=1S/C19H14F2N2O2S/c1-11-2-5-14(9-15(11)19(24)25)26-23-13-4-7-18(22-10-13)12-3-6-16(20)17(21)8-12/h2-10,23H,1H3,(H,24,25). The Morgan fingerprint density at radius 3 is 2.54 bits per heavy atom. The van der Waals surface area contributed by atoms with E-state index < -0.39 is 17.6 Å². The summed E-state index contributed by atoms with van der Waals surface area (Å²) in [5.41, 5.74) is 2.64. The molecule has 3 rings (SSSR count). The number of halogens is 2. The minimum atomic E-state index is -0.970. The Morgan fingerprint density at radius 2 is 1.88 bits per heavy atom. The van der Waals surface area contributed by atoms with Gasteiger partial charge < -0.3 is 9.83 Å². The van der Waals surface area contributed by atoms with Crippen LogP contribution in [0.4, 0.5) is 14.5 Å². The van der Waals surface area contributed by atoms with E-state index in [1.807, 2.05) is 6.07 Å². The SMILES string of the molecule is Cc1ccc(SNc2ccc(-c3ccc(F)c(F)c3)nc2)cc1C(=O)O. The summed E-state index contributed by atoms with van der Waals surface area (Å²) in [5.74, 6) is -2.79. The number of nitrogens with one attached hydrogen (secondary N) is 1. The Morgan fingerprint density at radius 1 is 1.08 bits per heavy atom. The van der Waals surface area contributed by atoms with Crippen molar-refractivity contribution in [2.75, 3.05) is 4.72 Å². The van der Waals surface area contributed by atoms with Gasteiger partial charge in [-0.3, -0.25) is 4.98 Å². The lowest BCUT2D eigenvalue weighted by Crippen LogP contribution is -2.00. The van der Waals surface area contributed by atoms with E-state index in [0.29, 0.717) is 22.5 Å². The molecule has 0 fully saturated rings. The third kappa shape index (κ3) is 4.00. The van der Waals surface area contributed by atoms with E-state index in [1.165, 1.54) is 18.0 Å². The number of anilines is 1. The molecule has 7 heteroatoms. The first kappa shape index (κ1) is 17.9. The number of aryl methyl sites for hydroxylation is 1. The number of aromatic carboxylic acids is 1. The van der Waals surface area contributed by atoms with Gasteiger partial charge in [0.1, 0.15) is 0 Å². The second-order valence-electron chi connectivity index (χ2n) is 5.55. The number of carboxylic acids is 1. The van der Waals surface area contributed by atoms with Crippen LogP contribution in [0.25, 0.3) is 11.3 Å². The summed E-state index contributed by atoms with van der Waals surface area (Å²) < 4.78 is 29.4. The van der Waals surface area contributed by atoms with E-state index in [2.05, 4.69) is 9.71 Å². The van der Waals surface area contributed by atoms with Gasteiger partial charge >= 0.3 is 5.97 Å². The Bertz CT molecular complexity index is 962. The van der Waals surface area contributed by atoms with Gasteiger partial charge in [0, 0.05) is 10.5 Å². The molecule has 0 aliphatic heterocycles. The molecule has 4 nitrogen and oxygen atoms in total. The van der Waals surface area contributed by atoms with Crippen molar-refractivity contribution in [3.05, 3.63) is 77.5 Å². The predicted molar refractivity (Wildman–Crippen MR) is 97.2 cm³/mol. The van der Waals surface area contributed by atoms with E-state index in [0.717, 1.165) is 17.0 Å². The zero-order valence-electron chi connectivity index (χ0n) is 13.7. The molecule has 26 heavy (non-hydrogen) atoms. The number of hydrogen-bond acceptors (Lipinski definition) is 4. The second kappa shape index (κ2) is 7.53. The lowest BCUT2D eigenvalue weighted by atomic mass is 10.1. The Hall–Kier alpha value is -2.93. The average Bonchev–Trinajstić information content (AvgIpc) is 2.63. The molecule has 0 saturated heterocycles. The molecule has 0 radical (unpaired) electrons. The summed E-state index contributed by atoms with van der Waals surface area (Å²) in [5, 5.41) is 9.16. The van der Waals surface area contributed by atoms with Crippen LogP contribution < -0.4 is 4.72 Å². The smallest absolute Gasteiger partial charge is 0.335 e. The van der Waals surface area contributed by atoms with Crippen LogP contribution in [0, 0.1) is 18.6 Å². The van der Waals surface area contributed by atoms with Crippen molar-refractivity contribution in [3.8, 4) is 11.3 Å². The Labute approximate surface area is 153 Å². The van der Waals surface area contributed by atoms with Gasteiger partial charge in [-0.2, -0.15) is 0 Å². The van der Waals surface area contributed by atoms with E-state index >= 15 is 0 Å². The van der Waals surface area contributed by atoms with Crippen LogP contribution in [0.2, 0.25) is 0 Å². The van der Waals surface area contributed by atoms with Crippen LogP contribution in [0.15, 0.2) is 59.6 Å². The number of carboxylic acid groups (broad SMARTS) is 1. The van der Waals surface area contributed by atoms with Crippen molar-refractivity contribution in [2.45, 2.75) is 11.8 Å². The fourth-order valence-corrected chi connectivity index (χ4v) is 2.96. The lowest BCUT2D eigenvalue weighted by molar-refractivity contribution is 0.0696. The van der Waals surface area contributed by atoms with E-state index in [4.69, 9.17) is 5.11 Å². The van der Waals surface area contributed by atoms with Gasteiger partial charge in [-0.1, -0.05) is 6.07 Å². The van der Waals surface area contributed by atoms with E-state index in [-0.39, 0.29) is 5.56 Å². The number of benzene rings is 2. The molecule has 132 valence electrons. The molecule has 0 unspecified atom stereocenters. The highest BCUT2D eigenvalue weighted by Crippen LogP contribution is 2.25. The summed E-state index contributed by atoms with van der Waals surface area (Å²) in [7, 11) is 0. The normalized spacial score (nSPS) is 10.6. The fraction of sp³-hybridized carbons (Fsp3) is 0.0526. The zero-order valence-corrected chi connectivity index (χ0v) is 14.5. The van der Waals surface area contributed by atoms with Crippen LogP contribution in [0.1, 0.15) is 15.9 Å². The second-order valence-corrected chi connectivity index (χ2v) is 6.43. The predicted octanol–water partition coefficient (Wildman–Crippen LogP) is 5.15. The summed E-state index contributed by atoms with van der Waals surface area (Å²) in [4.78, 5) is 16.2. The van der Waals surface area contributed by atoms with E-state index in [1.54, 1.807) is 37.4 Å². The first-order valence-corrected chi connectivity index (χ1v) is 8.44. The van der Waals surface area contributed by atoms with E-state index in [9.17, 15) is 13.6 Å². The molecular weight excluding hydrogens is 358 g/mol. The maximum atomic E-state index is 13.3. The molecule has 2 aromatic carbocycles. The quantitative estimate of drug-likeness (QED) is 0.606. The zero-order chi connectivity index (χ0) is 18.7. The fourth-order valence-electron chi connectivity index (χ4n) is 2.29. The number of carbonyl (C=O) groups is 1. The van der Waals surface area contributed by atoms with Crippen LogP contribution >= 0.6 is 11.9 Å². The molecule has 0 spiro atoms. The molecular formula is C19H14F2N2O2S. The van der Waals surface area contributed by atoms with Crippen molar-refractivity contribution in [2.24, 2.45) is 0 Å². The summed E-state index contributed by atoms with van der Waals surface area (Å²) >= 11 is 1.26.